The van der Waals surface area contributed by atoms with E-state index in [9.17, 15) is 0 Å². The van der Waals surface area contributed by atoms with Crippen molar-refractivity contribution in [3.63, 3.8) is 0 Å². The van der Waals surface area contributed by atoms with Gasteiger partial charge < -0.3 is 0 Å². The molecule has 1 aromatic rings. The van der Waals surface area contributed by atoms with Crippen LogP contribution in [0, 0.1) is 12.3 Å². The van der Waals surface area contributed by atoms with Gasteiger partial charge in [0.15, 0.2) is 0 Å². The lowest BCUT2D eigenvalue weighted by Crippen LogP contribution is -2.08. The lowest BCUT2D eigenvalue weighted by Gasteiger charge is -2.17. The quantitative estimate of drug-likeness (QED) is 0.598. The number of rotatable bonds is 1. The molecule has 66 valence electrons. The summed E-state index contributed by atoms with van der Waals surface area (Å²) in [5.74, 6) is 0. The third-order valence-corrected chi connectivity index (χ3v) is 1.51. The van der Waals surface area contributed by atoms with Gasteiger partial charge in [0.05, 0.1) is 5.48 Å². The maximum absolute atomic E-state index is 7.86. The SMILES string of the molecule is [2H]c1c([2H])c(CC(C)(C)C)c([2H])c([2H])c1C. The van der Waals surface area contributed by atoms with E-state index in [4.69, 9.17) is 5.48 Å². The molecule has 0 heterocycles. The summed E-state index contributed by atoms with van der Waals surface area (Å²) in [6, 6.07) is 0.377. The van der Waals surface area contributed by atoms with Gasteiger partial charge in [-0.05, 0) is 24.3 Å². The van der Waals surface area contributed by atoms with Gasteiger partial charge in [0, 0.05) is 0 Å². The van der Waals surface area contributed by atoms with Crippen LogP contribution in [0.2, 0.25) is 0 Å². The maximum Gasteiger partial charge on any atom is 0.0626 e. The Morgan fingerprint density at radius 1 is 1.17 bits per heavy atom. The summed E-state index contributed by atoms with van der Waals surface area (Å²) in [5, 5.41) is 0. The maximum atomic E-state index is 7.86. The Bertz CT molecular complexity index is 387. The molecule has 1 aromatic carbocycles. The fourth-order valence-electron chi connectivity index (χ4n) is 1.02. The molecule has 1 rings (SSSR count). The molecule has 0 aliphatic carbocycles. The van der Waals surface area contributed by atoms with E-state index >= 15 is 0 Å². The normalized spacial score (nSPS) is 16.3. The zero-order valence-corrected chi connectivity index (χ0v) is 8.21. The lowest BCUT2D eigenvalue weighted by atomic mass is 9.88. The van der Waals surface area contributed by atoms with Crippen LogP contribution in [-0.4, -0.2) is 0 Å². The molecular weight excluding hydrogens is 144 g/mol. The molecule has 0 aromatic heterocycles. The Labute approximate surface area is 81.2 Å². The molecule has 0 N–H and O–H groups in total. The molecule has 0 fully saturated rings. The molecule has 0 unspecified atom stereocenters. The van der Waals surface area contributed by atoms with Crippen molar-refractivity contribution in [3.05, 3.63) is 35.3 Å². The van der Waals surface area contributed by atoms with Crippen molar-refractivity contribution >= 4 is 0 Å². The van der Waals surface area contributed by atoms with Crippen LogP contribution in [0.15, 0.2) is 24.2 Å². The molecule has 0 radical (unpaired) electrons. The van der Waals surface area contributed by atoms with Crippen LogP contribution in [0.4, 0.5) is 0 Å². The molecule has 0 aliphatic rings. The molecule has 0 saturated heterocycles. The Morgan fingerprint density at radius 3 is 2.08 bits per heavy atom. The number of hydrogen-bond donors (Lipinski definition) is 0. The first-order valence-electron chi connectivity index (χ1n) is 6.21. The summed E-state index contributed by atoms with van der Waals surface area (Å²) in [6.07, 6.45) is 0.558. The van der Waals surface area contributed by atoms with E-state index in [1.165, 1.54) is 0 Å². The fourth-order valence-corrected chi connectivity index (χ4v) is 1.02. The summed E-state index contributed by atoms with van der Waals surface area (Å²) in [7, 11) is 0. The van der Waals surface area contributed by atoms with Gasteiger partial charge >= 0.3 is 0 Å². The van der Waals surface area contributed by atoms with Gasteiger partial charge in [-0.15, -0.1) is 0 Å². The van der Waals surface area contributed by atoms with Crippen molar-refractivity contribution in [1.29, 1.82) is 0 Å². The minimum absolute atomic E-state index is 0.0419. The van der Waals surface area contributed by atoms with E-state index in [0.29, 0.717) is 17.5 Å². The molecule has 0 spiro atoms. The largest absolute Gasteiger partial charge is 0.0626 e. The summed E-state index contributed by atoms with van der Waals surface area (Å²) < 4.78 is 31.2. The third kappa shape index (κ3) is 3.08. The minimum Gasteiger partial charge on any atom is -0.0599 e. The Balaban J connectivity index is 3.40. The molecular formula is C12H18. The second-order valence-corrected chi connectivity index (χ2v) is 4.34. The highest BCUT2D eigenvalue weighted by Crippen LogP contribution is 2.20. The third-order valence-electron chi connectivity index (χ3n) is 1.51. The predicted octanol–water partition coefficient (Wildman–Crippen LogP) is 3.58. The van der Waals surface area contributed by atoms with Crippen LogP contribution in [0.1, 0.15) is 37.4 Å². The summed E-state index contributed by atoms with van der Waals surface area (Å²) >= 11 is 0. The van der Waals surface area contributed by atoms with E-state index in [2.05, 4.69) is 0 Å². The van der Waals surface area contributed by atoms with Crippen LogP contribution < -0.4 is 0 Å². The number of benzene rings is 1. The van der Waals surface area contributed by atoms with Gasteiger partial charge in [-0.25, -0.2) is 0 Å². The van der Waals surface area contributed by atoms with E-state index in [0.717, 1.165) is 0 Å². The Morgan fingerprint density at radius 2 is 1.67 bits per heavy atom. The van der Waals surface area contributed by atoms with Crippen LogP contribution >= 0.6 is 0 Å². The predicted molar refractivity (Wildman–Crippen MR) is 54.3 cm³/mol. The molecule has 0 heteroatoms. The highest BCUT2D eigenvalue weighted by molar-refractivity contribution is 5.21. The van der Waals surface area contributed by atoms with E-state index < -0.39 is 0 Å². The van der Waals surface area contributed by atoms with Gasteiger partial charge in [0.2, 0.25) is 0 Å². The smallest absolute Gasteiger partial charge is 0.0599 e. The average Bonchev–Trinajstić information content (AvgIpc) is 2.17. The second-order valence-electron chi connectivity index (χ2n) is 4.34. The average molecular weight is 166 g/mol. The summed E-state index contributed by atoms with van der Waals surface area (Å²) in [6.45, 7) is 7.71. The van der Waals surface area contributed by atoms with E-state index in [1.807, 2.05) is 20.8 Å². The second kappa shape index (κ2) is 3.30. The van der Waals surface area contributed by atoms with Crippen LogP contribution in [0.5, 0.6) is 0 Å². The van der Waals surface area contributed by atoms with Crippen molar-refractivity contribution in [1.82, 2.24) is 0 Å². The zero-order valence-electron chi connectivity index (χ0n) is 12.2. The van der Waals surface area contributed by atoms with Crippen LogP contribution in [0.25, 0.3) is 0 Å². The van der Waals surface area contributed by atoms with E-state index in [-0.39, 0.29) is 29.6 Å². The van der Waals surface area contributed by atoms with Crippen LogP contribution in [-0.2, 0) is 6.42 Å². The topological polar surface area (TPSA) is 0 Å². The molecule has 0 nitrogen and oxygen atoms in total. The van der Waals surface area contributed by atoms with Crippen LogP contribution in [0.3, 0.4) is 0 Å². The molecule has 0 bridgehead atoms. The molecule has 0 aliphatic heterocycles. The van der Waals surface area contributed by atoms with Gasteiger partial charge in [-0.3, -0.25) is 0 Å². The molecule has 0 amide bonds. The highest BCUT2D eigenvalue weighted by Gasteiger charge is 2.10. The highest BCUT2D eigenvalue weighted by atomic mass is 14.1. The standard InChI is InChI=1S/C12H18/c1-10-5-7-11(8-6-10)9-12(2,3)4/h5-8H,9H2,1-4H3/i5D,6D,7D,8D. The van der Waals surface area contributed by atoms with Gasteiger partial charge in [-0.1, -0.05) is 50.5 Å². The van der Waals surface area contributed by atoms with Crippen molar-refractivity contribution in [2.75, 3.05) is 0 Å². The van der Waals surface area contributed by atoms with Crippen molar-refractivity contribution in [2.24, 2.45) is 5.41 Å². The zero-order chi connectivity index (χ0) is 12.7. The Kier molecular flexibility index (Phi) is 1.39. The first-order valence-corrected chi connectivity index (χ1v) is 4.21. The van der Waals surface area contributed by atoms with Gasteiger partial charge in [0.25, 0.3) is 0 Å². The lowest BCUT2D eigenvalue weighted by molar-refractivity contribution is 0.411. The Hall–Kier alpha value is -0.780. The van der Waals surface area contributed by atoms with Gasteiger partial charge in [0.1, 0.15) is 0 Å². The van der Waals surface area contributed by atoms with Crippen molar-refractivity contribution < 1.29 is 5.48 Å². The molecule has 0 atom stereocenters. The minimum atomic E-state index is -0.0419. The number of hydrogen-bond acceptors (Lipinski definition) is 0. The van der Waals surface area contributed by atoms with Crippen molar-refractivity contribution in [2.45, 2.75) is 34.1 Å². The first-order chi connectivity index (χ1) is 7.15. The first kappa shape index (κ1) is 5.06. The molecule has 0 saturated carbocycles. The van der Waals surface area contributed by atoms with Crippen molar-refractivity contribution in [3.8, 4) is 0 Å². The summed E-state index contributed by atoms with van der Waals surface area (Å²) in [5.41, 5.74) is 0.903. The van der Waals surface area contributed by atoms with Gasteiger partial charge in [-0.2, -0.15) is 0 Å². The monoisotopic (exact) mass is 166 g/mol. The fraction of sp³-hybridized carbons (Fsp3) is 0.500. The molecule has 12 heavy (non-hydrogen) atoms. The summed E-state index contributed by atoms with van der Waals surface area (Å²) in [4.78, 5) is 0. The van der Waals surface area contributed by atoms with E-state index in [1.54, 1.807) is 6.92 Å².